The van der Waals surface area contributed by atoms with Gasteiger partial charge in [-0.05, 0) is 105 Å². The van der Waals surface area contributed by atoms with E-state index in [9.17, 15) is 0 Å². The zero-order valence-corrected chi connectivity index (χ0v) is 37.9. The third kappa shape index (κ3) is 7.13. The molecule has 1 aromatic heterocycles. The number of fused-ring (bicyclic) bond motifs is 4. The standard InChI is InChI=1S/C66H40N4/c1-67-60-22-10-18-55(46-30-23-43(24-31-46)44-25-32-47(33-26-44)56-17-9-20-58-57-19-7-15-48-16-8-21-59(61(48)57)63(56)58)62(60)49-34-38-52(39-35-49)66-69-64(50-12-3-2-4-13-50)68-65(70-66)51-36-27-45(28-37-51)54-40-29-42-11-5-6-14-53(42)41-54/h2-41H. The van der Waals surface area contributed by atoms with Crippen LogP contribution in [0.1, 0.15) is 0 Å². The Hall–Kier alpha value is -9.56. The van der Waals surface area contributed by atoms with Gasteiger partial charge in [0.05, 0.1) is 6.57 Å². The lowest BCUT2D eigenvalue weighted by molar-refractivity contribution is 1.07. The van der Waals surface area contributed by atoms with Gasteiger partial charge in [-0.15, -0.1) is 0 Å². The van der Waals surface area contributed by atoms with Crippen molar-refractivity contribution in [2.24, 2.45) is 0 Å². The molecule has 1 aliphatic rings. The predicted molar refractivity (Wildman–Crippen MR) is 289 cm³/mol. The molecule has 70 heavy (non-hydrogen) atoms. The second kappa shape index (κ2) is 16.9. The molecule has 0 bridgehead atoms. The highest BCUT2D eigenvalue weighted by molar-refractivity contribution is 6.18. The van der Waals surface area contributed by atoms with E-state index in [-0.39, 0.29) is 0 Å². The SMILES string of the molecule is [C-]#[N+]c1cccc(-c2ccc(-c3ccc(-c4cccc5c4-c4cccc6cccc-5c46)cc3)cc2)c1-c1ccc(-c2nc(-c3ccccc3)nc(-c3ccc(-c4ccc5ccccc5c4)cc3)n2)cc1. The van der Waals surface area contributed by atoms with Crippen molar-refractivity contribution < 1.29 is 0 Å². The van der Waals surface area contributed by atoms with Crippen molar-refractivity contribution in [1.82, 2.24) is 15.0 Å². The van der Waals surface area contributed by atoms with Crippen molar-refractivity contribution in [3.05, 3.63) is 254 Å². The molecule has 0 atom stereocenters. The van der Waals surface area contributed by atoms with Crippen LogP contribution in [-0.4, -0.2) is 15.0 Å². The molecule has 0 amide bonds. The van der Waals surface area contributed by atoms with E-state index in [1.54, 1.807) is 0 Å². The highest BCUT2D eigenvalue weighted by Gasteiger charge is 2.24. The quantitative estimate of drug-likeness (QED) is 0.143. The molecule has 0 fully saturated rings. The van der Waals surface area contributed by atoms with Crippen LogP contribution >= 0.6 is 0 Å². The van der Waals surface area contributed by atoms with E-state index in [0.717, 1.165) is 61.2 Å². The van der Waals surface area contributed by atoms with Gasteiger partial charge in [-0.25, -0.2) is 19.8 Å². The number of benzene rings is 11. The molecule has 0 saturated carbocycles. The summed E-state index contributed by atoms with van der Waals surface area (Å²) in [5.74, 6) is 1.78. The summed E-state index contributed by atoms with van der Waals surface area (Å²) in [4.78, 5) is 19.0. The lowest BCUT2D eigenvalue weighted by atomic mass is 9.91. The van der Waals surface area contributed by atoms with Crippen LogP contribution in [0.4, 0.5) is 5.69 Å². The molecule has 12 aromatic rings. The molecular formula is C66H40N4. The molecule has 324 valence electrons. The minimum absolute atomic E-state index is 0.576. The minimum atomic E-state index is 0.576. The van der Waals surface area contributed by atoms with Crippen molar-refractivity contribution in [2.75, 3.05) is 0 Å². The normalized spacial score (nSPS) is 11.4. The molecule has 1 heterocycles. The fourth-order valence-corrected chi connectivity index (χ4v) is 10.3. The fraction of sp³-hybridized carbons (Fsp3) is 0. The van der Waals surface area contributed by atoms with E-state index >= 15 is 0 Å². The molecule has 0 saturated heterocycles. The van der Waals surface area contributed by atoms with E-state index in [1.807, 2.05) is 54.6 Å². The molecule has 13 rings (SSSR count). The second-order valence-electron chi connectivity index (χ2n) is 17.8. The molecule has 4 heteroatoms. The highest BCUT2D eigenvalue weighted by atomic mass is 15.0. The van der Waals surface area contributed by atoms with E-state index < -0.39 is 0 Å². The topological polar surface area (TPSA) is 43.0 Å². The van der Waals surface area contributed by atoms with Gasteiger partial charge in [0.25, 0.3) is 0 Å². The molecular weight excluding hydrogens is 849 g/mol. The van der Waals surface area contributed by atoms with Gasteiger partial charge in [0.2, 0.25) is 0 Å². The van der Waals surface area contributed by atoms with Crippen LogP contribution in [0, 0.1) is 6.57 Å². The smallest absolute Gasteiger partial charge is 0.195 e. The summed E-state index contributed by atoms with van der Waals surface area (Å²) in [6.45, 7) is 8.20. The maximum Gasteiger partial charge on any atom is 0.195 e. The van der Waals surface area contributed by atoms with Crippen LogP contribution in [0.25, 0.3) is 138 Å². The van der Waals surface area contributed by atoms with E-state index in [2.05, 4.69) is 193 Å². The lowest BCUT2D eigenvalue weighted by Crippen LogP contribution is -2.00. The van der Waals surface area contributed by atoms with Gasteiger partial charge in [-0.2, -0.15) is 0 Å². The first kappa shape index (κ1) is 40.7. The number of nitrogens with zero attached hydrogens (tertiary/aromatic N) is 4. The molecule has 0 radical (unpaired) electrons. The Morgan fingerprint density at radius 2 is 0.671 bits per heavy atom. The summed E-state index contributed by atoms with van der Waals surface area (Å²) in [7, 11) is 0. The van der Waals surface area contributed by atoms with Crippen LogP contribution in [0.5, 0.6) is 0 Å². The van der Waals surface area contributed by atoms with E-state index in [0.29, 0.717) is 23.2 Å². The Morgan fingerprint density at radius 3 is 1.29 bits per heavy atom. The zero-order valence-electron chi connectivity index (χ0n) is 37.9. The first-order valence-electron chi connectivity index (χ1n) is 23.5. The van der Waals surface area contributed by atoms with Gasteiger partial charge in [0, 0.05) is 16.7 Å². The summed E-state index contributed by atoms with van der Waals surface area (Å²) in [5.41, 5.74) is 19.4. The Labute approximate surface area is 406 Å². The van der Waals surface area contributed by atoms with Gasteiger partial charge < -0.3 is 0 Å². The molecule has 1 aliphatic carbocycles. The average molecular weight is 889 g/mol. The summed E-state index contributed by atoms with van der Waals surface area (Å²) >= 11 is 0. The number of hydrogen-bond acceptors (Lipinski definition) is 3. The summed E-state index contributed by atoms with van der Waals surface area (Å²) < 4.78 is 0. The summed E-state index contributed by atoms with van der Waals surface area (Å²) in [6.07, 6.45) is 0. The summed E-state index contributed by atoms with van der Waals surface area (Å²) in [6, 6.07) is 85.2. The molecule has 0 N–H and O–H groups in total. The van der Waals surface area contributed by atoms with Crippen molar-refractivity contribution >= 4 is 27.2 Å². The van der Waals surface area contributed by atoms with E-state index in [1.165, 1.54) is 54.9 Å². The summed E-state index contributed by atoms with van der Waals surface area (Å²) in [5, 5.41) is 5.05. The second-order valence-corrected chi connectivity index (χ2v) is 17.8. The maximum atomic E-state index is 8.20. The van der Waals surface area contributed by atoms with Crippen molar-refractivity contribution in [1.29, 1.82) is 0 Å². The number of rotatable bonds is 8. The van der Waals surface area contributed by atoms with Gasteiger partial charge in [-0.3, -0.25) is 0 Å². The first-order chi connectivity index (χ1) is 34.6. The van der Waals surface area contributed by atoms with Gasteiger partial charge in [-0.1, -0.05) is 237 Å². The first-order valence-corrected chi connectivity index (χ1v) is 23.5. The van der Waals surface area contributed by atoms with Crippen molar-refractivity contribution in [2.45, 2.75) is 0 Å². The Morgan fingerprint density at radius 1 is 0.257 bits per heavy atom. The van der Waals surface area contributed by atoms with Gasteiger partial charge >= 0.3 is 0 Å². The molecule has 11 aromatic carbocycles. The molecule has 4 nitrogen and oxygen atoms in total. The van der Waals surface area contributed by atoms with Gasteiger partial charge in [0.15, 0.2) is 23.2 Å². The number of aromatic nitrogens is 3. The van der Waals surface area contributed by atoms with Gasteiger partial charge in [0.1, 0.15) is 0 Å². The lowest BCUT2D eigenvalue weighted by Gasteiger charge is -2.14. The molecule has 0 aliphatic heterocycles. The van der Waals surface area contributed by atoms with Crippen LogP contribution in [-0.2, 0) is 0 Å². The number of hydrogen-bond donors (Lipinski definition) is 0. The largest absolute Gasteiger partial charge is 0.237 e. The predicted octanol–water partition coefficient (Wildman–Crippen LogP) is 17.7. The molecule has 0 unspecified atom stereocenters. The van der Waals surface area contributed by atoms with Crippen LogP contribution in [0.2, 0.25) is 0 Å². The fourth-order valence-electron chi connectivity index (χ4n) is 10.3. The van der Waals surface area contributed by atoms with Crippen LogP contribution < -0.4 is 0 Å². The van der Waals surface area contributed by atoms with Crippen LogP contribution in [0.15, 0.2) is 243 Å². The Kier molecular flexibility index (Phi) is 9.85. The minimum Gasteiger partial charge on any atom is -0.237 e. The zero-order chi connectivity index (χ0) is 46.5. The Balaban J connectivity index is 0.795. The van der Waals surface area contributed by atoms with Crippen molar-refractivity contribution in [3.8, 4) is 112 Å². The third-order valence-corrected chi connectivity index (χ3v) is 13.7. The molecule has 0 spiro atoms. The van der Waals surface area contributed by atoms with Crippen molar-refractivity contribution in [3.63, 3.8) is 0 Å². The van der Waals surface area contributed by atoms with Crippen LogP contribution in [0.3, 0.4) is 0 Å². The maximum absolute atomic E-state index is 8.20. The van der Waals surface area contributed by atoms with E-state index in [4.69, 9.17) is 21.5 Å². The Bertz CT molecular complexity index is 4010. The highest BCUT2D eigenvalue weighted by Crippen LogP contribution is 2.51. The third-order valence-electron chi connectivity index (χ3n) is 13.7. The average Bonchev–Trinajstić information content (AvgIpc) is 3.78. The monoisotopic (exact) mass is 888 g/mol.